The van der Waals surface area contributed by atoms with E-state index in [-0.39, 0.29) is 46.5 Å². The third kappa shape index (κ3) is 6.13. The van der Waals surface area contributed by atoms with Crippen molar-refractivity contribution in [1.29, 1.82) is 0 Å². The molecule has 7 fully saturated rings. The van der Waals surface area contributed by atoms with Gasteiger partial charge in [-0.15, -0.1) is 0 Å². The number of carbonyl (C=O) groups excluding carboxylic acids is 1. The minimum Gasteiger partial charge on any atom is -0.432 e. The highest BCUT2D eigenvalue weighted by Crippen LogP contribution is 2.77. The third-order valence-corrected chi connectivity index (χ3v) is 17.8. The zero-order chi connectivity index (χ0) is 40.9. The third-order valence-electron chi connectivity index (χ3n) is 17.8. The molecule has 21 atom stereocenters. The Labute approximate surface area is 330 Å². The Morgan fingerprint density at radius 3 is 1.98 bits per heavy atom. The minimum atomic E-state index is -1.78. The Hall–Kier alpha value is -1.27. The highest BCUT2D eigenvalue weighted by molar-refractivity contribution is 5.78. The molecule has 14 nitrogen and oxygen atoms in total. The van der Waals surface area contributed by atoms with Gasteiger partial charge in [0.05, 0.1) is 31.3 Å². The number of fused-ring (bicyclic) bond motifs is 7. The van der Waals surface area contributed by atoms with Gasteiger partial charge in [-0.25, -0.2) is 0 Å². The van der Waals surface area contributed by atoms with Crippen LogP contribution in [-0.2, 0) is 23.7 Å². The van der Waals surface area contributed by atoms with Gasteiger partial charge in [0, 0.05) is 5.41 Å². The SMILES string of the molecule is C=C(C)[C@@H]1CC[C@]2(C(=O)O[C@@H]3O[C@H](CO[C@@H]4O[C@H](CO)[C@@H](O)[C@H](O)[C@H]4O)[C@@H](O)[C@H](O)[C@H]3O)CC[C@@]3(C)[C@H](CC[C@@H]4[C@@]5(C)CCC(O)[C@@](C)(CO)[C@@H]5CC[C@]43C)[C@@H]12. The largest absolute Gasteiger partial charge is 0.432 e. The molecular weight excluding hydrogens is 728 g/mol. The molecule has 0 spiro atoms. The zero-order valence-electron chi connectivity index (χ0n) is 33.7. The summed E-state index contributed by atoms with van der Waals surface area (Å²) in [5.41, 5.74) is -0.624. The molecule has 320 valence electrons. The van der Waals surface area contributed by atoms with Crippen molar-refractivity contribution in [2.24, 2.45) is 56.7 Å². The van der Waals surface area contributed by atoms with E-state index in [9.17, 15) is 50.8 Å². The Bertz CT molecular complexity index is 1480. The van der Waals surface area contributed by atoms with E-state index in [0.717, 1.165) is 50.5 Å². The van der Waals surface area contributed by atoms with Crippen LogP contribution < -0.4 is 0 Å². The molecule has 0 aromatic rings. The fourth-order valence-corrected chi connectivity index (χ4v) is 14.3. The summed E-state index contributed by atoms with van der Waals surface area (Å²) in [5.74, 6) is 0.252. The summed E-state index contributed by atoms with van der Waals surface area (Å²) in [5, 5.41) is 94.8. The van der Waals surface area contributed by atoms with E-state index in [1.165, 1.54) is 0 Å². The van der Waals surface area contributed by atoms with Gasteiger partial charge in [0.15, 0.2) is 6.29 Å². The van der Waals surface area contributed by atoms with Crippen LogP contribution in [0, 0.1) is 56.7 Å². The molecule has 2 heterocycles. The molecule has 7 rings (SSSR count). The molecule has 9 N–H and O–H groups in total. The number of rotatable bonds is 8. The normalized spacial score (nSPS) is 55.6. The van der Waals surface area contributed by atoms with Gasteiger partial charge in [-0.1, -0.05) is 39.8 Å². The van der Waals surface area contributed by atoms with Crippen LogP contribution in [0.3, 0.4) is 0 Å². The summed E-state index contributed by atoms with van der Waals surface area (Å²) in [6.07, 6.45) is -8.41. The molecule has 5 aliphatic carbocycles. The summed E-state index contributed by atoms with van der Waals surface area (Å²) in [4.78, 5) is 14.8. The van der Waals surface area contributed by atoms with Crippen molar-refractivity contribution in [3.05, 3.63) is 12.2 Å². The van der Waals surface area contributed by atoms with Gasteiger partial charge in [0.2, 0.25) is 6.29 Å². The second-order valence-corrected chi connectivity index (χ2v) is 20.0. The van der Waals surface area contributed by atoms with Crippen LogP contribution in [0.1, 0.15) is 98.8 Å². The maximum absolute atomic E-state index is 14.8. The zero-order valence-corrected chi connectivity index (χ0v) is 33.7. The van der Waals surface area contributed by atoms with Crippen molar-refractivity contribution >= 4 is 5.97 Å². The van der Waals surface area contributed by atoms with Gasteiger partial charge in [0.25, 0.3) is 0 Å². The lowest BCUT2D eigenvalue weighted by atomic mass is 9.32. The predicted octanol–water partition coefficient (Wildman–Crippen LogP) is 1.14. The molecule has 0 aromatic heterocycles. The van der Waals surface area contributed by atoms with Gasteiger partial charge in [-0.2, -0.15) is 0 Å². The van der Waals surface area contributed by atoms with Crippen molar-refractivity contribution in [2.75, 3.05) is 19.8 Å². The molecule has 1 unspecified atom stereocenters. The lowest BCUT2D eigenvalue weighted by Gasteiger charge is -2.72. The molecule has 5 saturated carbocycles. The van der Waals surface area contributed by atoms with Crippen molar-refractivity contribution in [3.63, 3.8) is 0 Å². The monoisotopic (exact) mass is 796 g/mol. The Kier molecular flexibility index (Phi) is 11.5. The van der Waals surface area contributed by atoms with E-state index < -0.39 is 97.5 Å². The molecule has 0 radical (unpaired) electrons. The van der Waals surface area contributed by atoms with Crippen LogP contribution >= 0.6 is 0 Å². The summed E-state index contributed by atoms with van der Waals surface area (Å²) in [6.45, 7) is 14.6. The van der Waals surface area contributed by atoms with Gasteiger partial charge in [-0.05, 0) is 117 Å². The Morgan fingerprint density at radius 1 is 0.696 bits per heavy atom. The van der Waals surface area contributed by atoms with Gasteiger partial charge < -0.3 is 64.9 Å². The number of hydrogen-bond donors (Lipinski definition) is 9. The number of esters is 1. The fourth-order valence-electron chi connectivity index (χ4n) is 14.3. The van der Waals surface area contributed by atoms with E-state index in [2.05, 4.69) is 34.3 Å². The van der Waals surface area contributed by atoms with Crippen LogP contribution in [0.15, 0.2) is 12.2 Å². The van der Waals surface area contributed by atoms with E-state index in [0.29, 0.717) is 25.2 Å². The lowest BCUT2D eigenvalue weighted by Crippen LogP contribution is -2.68. The molecule has 2 aliphatic heterocycles. The first-order chi connectivity index (χ1) is 26.3. The molecule has 2 saturated heterocycles. The Balaban J connectivity index is 1.11. The maximum Gasteiger partial charge on any atom is 0.314 e. The first-order valence-electron chi connectivity index (χ1n) is 21.0. The van der Waals surface area contributed by atoms with Crippen molar-refractivity contribution in [3.8, 4) is 0 Å². The molecule has 56 heavy (non-hydrogen) atoms. The fraction of sp³-hybridized carbons (Fsp3) is 0.929. The molecule has 14 heteroatoms. The second-order valence-electron chi connectivity index (χ2n) is 20.0. The van der Waals surface area contributed by atoms with E-state index in [1.54, 1.807) is 0 Å². The summed E-state index contributed by atoms with van der Waals surface area (Å²) >= 11 is 0. The lowest BCUT2D eigenvalue weighted by molar-refractivity contribution is -0.328. The summed E-state index contributed by atoms with van der Waals surface area (Å²) in [7, 11) is 0. The topological polar surface area (TPSA) is 236 Å². The van der Waals surface area contributed by atoms with Gasteiger partial charge >= 0.3 is 5.97 Å². The molecule has 0 aromatic carbocycles. The average molecular weight is 797 g/mol. The molecule has 0 amide bonds. The number of ether oxygens (including phenoxy) is 4. The van der Waals surface area contributed by atoms with Crippen LogP contribution in [0.25, 0.3) is 0 Å². The summed E-state index contributed by atoms with van der Waals surface area (Å²) in [6, 6.07) is 0. The predicted molar refractivity (Wildman–Crippen MR) is 199 cm³/mol. The van der Waals surface area contributed by atoms with Crippen molar-refractivity contribution < 1.29 is 69.7 Å². The van der Waals surface area contributed by atoms with Crippen molar-refractivity contribution in [1.82, 2.24) is 0 Å². The highest BCUT2D eigenvalue weighted by Gasteiger charge is 2.72. The number of hydrogen-bond acceptors (Lipinski definition) is 14. The summed E-state index contributed by atoms with van der Waals surface area (Å²) < 4.78 is 23.0. The van der Waals surface area contributed by atoms with Crippen LogP contribution in [-0.4, -0.2) is 139 Å². The number of allylic oxidation sites excluding steroid dienone is 1. The number of carbonyl (C=O) groups is 1. The number of aliphatic hydroxyl groups excluding tert-OH is 9. The maximum atomic E-state index is 14.8. The van der Waals surface area contributed by atoms with Gasteiger partial charge in [0.1, 0.15) is 48.8 Å². The van der Waals surface area contributed by atoms with Crippen LogP contribution in [0.5, 0.6) is 0 Å². The van der Waals surface area contributed by atoms with Gasteiger partial charge in [-0.3, -0.25) is 4.79 Å². The van der Waals surface area contributed by atoms with E-state index >= 15 is 0 Å². The molecular formula is C42H68O14. The minimum absolute atomic E-state index is 0.0356. The van der Waals surface area contributed by atoms with Crippen LogP contribution in [0.4, 0.5) is 0 Å². The highest BCUT2D eigenvalue weighted by atomic mass is 16.7. The first-order valence-corrected chi connectivity index (χ1v) is 21.0. The van der Waals surface area contributed by atoms with E-state index in [4.69, 9.17) is 18.9 Å². The van der Waals surface area contributed by atoms with Crippen molar-refractivity contribution in [2.45, 2.75) is 166 Å². The smallest absolute Gasteiger partial charge is 0.314 e. The first kappa shape index (κ1) is 42.8. The van der Waals surface area contributed by atoms with E-state index in [1.807, 2.05) is 6.92 Å². The Morgan fingerprint density at radius 2 is 1.34 bits per heavy atom. The standard InChI is InChI=1S/C42H68O14/c1-20(2)21-9-14-42(37(52)56-36-34(51)32(49)30(47)24(55-36)18-53-35-33(50)31(48)29(46)23(17-43)54-35)16-15-40(5)22(28(21)42)7-8-26-38(3)12-11-27(45)39(4,19-44)25(38)10-13-41(26,40)6/h21-36,43-51H,1,7-19H2,2-6H3/t21-,22+,23+,24+,25+,26+,27?,28+,29+,30+,31-,32-,33+,34+,35+,36-,38-,39-,40-,41+,42-/m0/s1. The quantitative estimate of drug-likeness (QED) is 0.124. The van der Waals surface area contributed by atoms with Crippen LogP contribution in [0.2, 0.25) is 0 Å². The average Bonchev–Trinajstić information content (AvgIpc) is 3.57. The molecule has 0 bridgehead atoms. The molecule has 7 aliphatic rings. The number of aliphatic hydroxyl groups is 9. The second kappa shape index (κ2) is 15.0.